The maximum Gasteiger partial charge on any atom is 0.281 e. The lowest BCUT2D eigenvalue weighted by atomic mass is 10.3. The molecule has 1 N–H and O–H groups in total. The number of non-ortho nitro benzene ring substituents is 1. The highest BCUT2D eigenvalue weighted by Crippen LogP contribution is 2.23. The summed E-state index contributed by atoms with van der Waals surface area (Å²) in [7, 11) is -2.38. The van der Waals surface area contributed by atoms with Crippen LogP contribution in [0.4, 0.5) is 11.4 Å². The van der Waals surface area contributed by atoms with E-state index >= 15 is 0 Å². The highest BCUT2D eigenvalue weighted by molar-refractivity contribution is 7.92. The van der Waals surface area contributed by atoms with Crippen molar-refractivity contribution in [1.29, 1.82) is 0 Å². The van der Waals surface area contributed by atoms with E-state index in [1.54, 1.807) is 0 Å². The second-order valence-electron chi connectivity index (χ2n) is 3.67. The van der Waals surface area contributed by atoms with E-state index in [0.29, 0.717) is 5.69 Å². The lowest BCUT2D eigenvalue weighted by Crippen LogP contribution is -2.26. The van der Waals surface area contributed by atoms with Gasteiger partial charge in [0.05, 0.1) is 16.8 Å². The Labute approximate surface area is 108 Å². The molecule has 1 aromatic carbocycles. The minimum absolute atomic E-state index is 0.0478. The van der Waals surface area contributed by atoms with Gasteiger partial charge in [0.1, 0.15) is 0 Å². The van der Waals surface area contributed by atoms with E-state index < -0.39 is 14.9 Å². The van der Waals surface area contributed by atoms with Gasteiger partial charge in [0, 0.05) is 19.2 Å². The van der Waals surface area contributed by atoms with Crippen LogP contribution in [0.2, 0.25) is 0 Å². The molecule has 0 saturated heterocycles. The SMILES string of the molecule is CN(c1ccc([N+](=O)[O-])cc1)S(=O)(=O)c1ccn[nH]1. The normalized spacial score (nSPS) is 11.2. The summed E-state index contributed by atoms with van der Waals surface area (Å²) in [4.78, 5) is 9.98. The zero-order chi connectivity index (χ0) is 14.0. The third-order valence-corrected chi connectivity index (χ3v) is 4.25. The van der Waals surface area contributed by atoms with Crippen molar-refractivity contribution in [2.75, 3.05) is 11.4 Å². The molecule has 2 aromatic rings. The summed E-state index contributed by atoms with van der Waals surface area (Å²) in [5, 5.41) is 16.4. The van der Waals surface area contributed by atoms with Crippen molar-refractivity contribution in [3.05, 3.63) is 46.6 Å². The fourth-order valence-electron chi connectivity index (χ4n) is 1.46. The molecule has 0 atom stereocenters. The van der Waals surface area contributed by atoms with E-state index in [-0.39, 0.29) is 10.7 Å². The number of hydrogen-bond donors (Lipinski definition) is 1. The summed E-state index contributed by atoms with van der Waals surface area (Å²) < 4.78 is 25.3. The lowest BCUT2D eigenvalue weighted by Gasteiger charge is -2.17. The van der Waals surface area contributed by atoms with Crippen molar-refractivity contribution in [3.63, 3.8) is 0 Å². The van der Waals surface area contributed by atoms with Gasteiger partial charge in [0.25, 0.3) is 15.7 Å². The Morgan fingerprint density at radius 1 is 1.26 bits per heavy atom. The molecule has 0 aliphatic carbocycles. The Bertz CT molecular complexity index is 679. The van der Waals surface area contributed by atoms with Crippen LogP contribution in [0.3, 0.4) is 0 Å². The Balaban J connectivity index is 2.34. The molecule has 0 unspecified atom stereocenters. The zero-order valence-electron chi connectivity index (χ0n) is 9.85. The number of anilines is 1. The number of nitrogens with one attached hydrogen (secondary N) is 1. The van der Waals surface area contributed by atoms with E-state index in [4.69, 9.17) is 0 Å². The number of H-pyrrole nitrogens is 1. The largest absolute Gasteiger partial charge is 0.281 e. The summed E-state index contributed by atoms with van der Waals surface area (Å²) in [6, 6.07) is 6.55. The van der Waals surface area contributed by atoms with Crippen LogP contribution in [0.1, 0.15) is 0 Å². The van der Waals surface area contributed by atoms with Crippen molar-refractivity contribution >= 4 is 21.4 Å². The highest BCUT2D eigenvalue weighted by atomic mass is 32.2. The number of nitro groups is 1. The van der Waals surface area contributed by atoms with Gasteiger partial charge >= 0.3 is 0 Å². The molecule has 2 rings (SSSR count). The number of benzene rings is 1. The Morgan fingerprint density at radius 3 is 2.37 bits per heavy atom. The van der Waals surface area contributed by atoms with Gasteiger partial charge in [-0.3, -0.25) is 19.5 Å². The number of nitro benzene ring substituents is 1. The smallest absolute Gasteiger partial charge is 0.268 e. The van der Waals surface area contributed by atoms with Crippen LogP contribution in [0, 0.1) is 10.1 Å². The minimum Gasteiger partial charge on any atom is -0.268 e. The van der Waals surface area contributed by atoms with E-state index in [1.165, 1.54) is 43.6 Å². The molecule has 0 aliphatic heterocycles. The van der Waals surface area contributed by atoms with Crippen molar-refractivity contribution in [1.82, 2.24) is 10.2 Å². The van der Waals surface area contributed by atoms with Gasteiger partial charge in [-0.15, -0.1) is 0 Å². The average Bonchev–Trinajstić information content (AvgIpc) is 2.92. The molecule has 0 fully saturated rings. The highest BCUT2D eigenvalue weighted by Gasteiger charge is 2.22. The van der Waals surface area contributed by atoms with Crippen LogP contribution in [0.25, 0.3) is 0 Å². The first-order chi connectivity index (χ1) is 8.93. The third-order valence-electron chi connectivity index (χ3n) is 2.54. The van der Waals surface area contributed by atoms with Crippen LogP contribution in [0.15, 0.2) is 41.6 Å². The van der Waals surface area contributed by atoms with Crippen molar-refractivity contribution in [2.24, 2.45) is 0 Å². The quantitative estimate of drug-likeness (QED) is 0.668. The fraction of sp³-hybridized carbons (Fsp3) is 0.100. The maximum atomic E-state index is 12.1. The third kappa shape index (κ3) is 2.40. The first-order valence-electron chi connectivity index (χ1n) is 5.15. The van der Waals surface area contributed by atoms with Crippen LogP contribution in [-0.2, 0) is 10.0 Å². The monoisotopic (exact) mass is 282 g/mol. The van der Waals surface area contributed by atoms with E-state index in [0.717, 1.165) is 4.31 Å². The molecule has 0 spiro atoms. The van der Waals surface area contributed by atoms with E-state index in [1.807, 2.05) is 0 Å². The summed E-state index contributed by atoms with van der Waals surface area (Å²) >= 11 is 0. The Kier molecular flexibility index (Phi) is 3.21. The average molecular weight is 282 g/mol. The second kappa shape index (κ2) is 4.69. The molecule has 0 radical (unpaired) electrons. The van der Waals surface area contributed by atoms with Gasteiger partial charge < -0.3 is 0 Å². The molecule has 8 nitrogen and oxygen atoms in total. The standard InChI is InChI=1S/C10H10N4O4S/c1-13(19(17,18)10-6-7-11-12-10)8-2-4-9(5-3-8)14(15)16/h2-7H,1H3,(H,11,12). The van der Waals surface area contributed by atoms with E-state index in [2.05, 4.69) is 10.2 Å². The predicted molar refractivity (Wildman–Crippen MR) is 67.3 cm³/mol. The maximum absolute atomic E-state index is 12.1. The number of hydrogen-bond acceptors (Lipinski definition) is 5. The molecule has 0 aliphatic rings. The van der Waals surface area contributed by atoms with Gasteiger partial charge in [0.2, 0.25) is 0 Å². The molecule has 0 saturated carbocycles. The van der Waals surface area contributed by atoms with Crippen molar-refractivity contribution < 1.29 is 13.3 Å². The number of aromatic nitrogens is 2. The van der Waals surface area contributed by atoms with Gasteiger partial charge in [-0.2, -0.15) is 13.5 Å². The first-order valence-corrected chi connectivity index (χ1v) is 6.59. The Morgan fingerprint density at radius 2 is 1.89 bits per heavy atom. The number of aromatic amines is 1. The Hall–Kier alpha value is -2.42. The van der Waals surface area contributed by atoms with Crippen LogP contribution >= 0.6 is 0 Å². The topological polar surface area (TPSA) is 109 Å². The summed E-state index contributed by atoms with van der Waals surface area (Å²) in [5.41, 5.74) is 0.219. The number of rotatable bonds is 4. The first kappa shape index (κ1) is 13.0. The van der Waals surface area contributed by atoms with Gasteiger partial charge in [0.15, 0.2) is 5.03 Å². The molecule has 0 amide bonds. The summed E-state index contributed by atoms with van der Waals surface area (Å²) in [5.74, 6) is 0. The molecule has 0 bridgehead atoms. The molecule has 1 aromatic heterocycles. The molecule has 9 heteroatoms. The van der Waals surface area contributed by atoms with Crippen LogP contribution < -0.4 is 4.31 Å². The summed E-state index contributed by atoms with van der Waals surface area (Å²) in [6.07, 6.45) is 1.33. The van der Waals surface area contributed by atoms with Gasteiger partial charge in [-0.1, -0.05) is 0 Å². The van der Waals surface area contributed by atoms with Crippen LogP contribution in [0.5, 0.6) is 0 Å². The fourth-order valence-corrected chi connectivity index (χ4v) is 2.55. The van der Waals surface area contributed by atoms with E-state index in [9.17, 15) is 18.5 Å². The van der Waals surface area contributed by atoms with Gasteiger partial charge in [-0.25, -0.2) is 0 Å². The van der Waals surface area contributed by atoms with Crippen molar-refractivity contribution in [2.45, 2.75) is 5.03 Å². The molecular formula is C10H10N4O4S. The lowest BCUT2D eigenvalue weighted by molar-refractivity contribution is -0.384. The molecule has 100 valence electrons. The molecular weight excluding hydrogens is 272 g/mol. The molecule has 1 heterocycles. The van der Waals surface area contributed by atoms with Crippen LogP contribution in [-0.4, -0.2) is 30.6 Å². The predicted octanol–water partition coefficient (Wildman–Crippen LogP) is 1.14. The number of nitrogens with zero attached hydrogens (tertiary/aromatic N) is 3. The van der Waals surface area contributed by atoms with Crippen molar-refractivity contribution in [3.8, 4) is 0 Å². The summed E-state index contributed by atoms with van der Waals surface area (Å²) in [6.45, 7) is 0. The minimum atomic E-state index is -3.74. The second-order valence-corrected chi connectivity index (χ2v) is 5.60. The molecule has 19 heavy (non-hydrogen) atoms. The van der Waals surface area contributed by atoms with Gasteiger partial charge in [-0.05, 0) is 18.2 Å². The number of sulfonamides is 1. The zero-order valence-corrected chi connectivity index (χ0v) is 10.7.